The number of benzene rings is 2. The third-order valence-corrected chi connectivity index (χ3v) is 5.44. The summed E-state index contributed by atoms with van der Waals surface area (Å²) in [6, 6.07) is 11.4. The van der Waals surface area contributed by atoms with Crippen LogP contribution in [0.15, 0.2) is 54.1 Å². The number of nitrogens with zero attached hydrogens (tertiary/aromatic N) is 3. The van der Waals surface area contributed by atoms with Crippen LogP contribution in [0.2, 0.25) is 0 Å². The Kier molecular flexibility index (Phi) is 7.68. The van der Waals surface area contributed by atoms with Crippen molar-refractivity contribution < 1.29 is 24.4 Å². The number of Topliss-reactive ketones (excluding diaryl/α,β-unsaturated/α-hetero) is 1. The van der Waals surface area contributed by atoms with Crippen LogP contribution in [0.5, 0.6) is 5.75 Å². The zero-order chi connectivity index (χ0) is 25.0. The average molecular weight is 468 g/mol. The Labute approximate surface area is 198 Å². The summed E-state index contributed by atoms with van der Waals surface area (Å²) in [5.41, 5.74) is 0.464. The third kappa shape index (κ3) is 5.43. The van der Waals surface area contributed by atoms with Gasteiger partial charge in [-0.05, 0) is 49.8 Å². The summed E-state index contributed by atoms with van der Waals surface area (Å²) in [6.45, 7) is 5.28. The number of carbonyl (C=O) groups excluding carboxylic acids is 2. The lowest BCUT2D eigenvalue weighted by Gasteiger charge is -2.26. The van der Waals surface area contributed by atoms with E-state index in [9.17, 15) is 24.8 Å². The maximum Gasteiger partial charge on any atom is 0.295 e. The molecule has 0 bridgehead atoms. The van der Waals surface area contributed by atoms with Crippen molar-refractivity contribution in [3.05, 3.63) is 75.3 Å². The van der Waals surface area contributed by atoms with Gasteiger partial charge in [0, 0.05) is 30.8 Å². The fourth-order valence-electron chi connectivity index (χ4n) is 3.70. The summed E-state index contributed by atoms with van der Waals surface area (Å²) < 4.78 is 5.67. The van der Waals surface area contributed by atoms with Gasteiger partial charge in [-0.25, -0.2) is 0 Å². The van der Waals surface area contributed by atoms with Crippen molar-refractivity contribution in [2.24, 2.45) is 5.92 Å². The van der Waals surface area contributed by atoms with Crippen LogP contribution in [0.3, 0.4) is 0 Å². The summed E-state index contributed by atoms with van der Waals surface area (Å²) in [5, 5.41) is 22.5. The van der Waals surface area contributed by atoms with E-state index in [0.29, 0.717) is 35.9 Å². The molecule has 9 nitrogen and oxygen atoms in total. The molecule has 3 rings (SSSR count). The lowest BCUT2D eigenvalue weighted by molar-refractivity contribution is -0.384. The van der Waals surface area contributed by atoms with Gasteiger partial charge in [0.05, 0.1) is 23.1 Å². The molecule has 9 heteroatoms. The molecule has 34 heavy (non-hydrogen) atoms. The number of ether oxygens (including phenoxy) is 1. The summed E-state index contributed by atoms with van der Waals surface area (Å²) >= 11 is 0. The SMILES string of the molecule is CC(C)COc1ccc(/C(O)=C2/C(=O)C(=O)N(CCN(C)C)C2c2cccc([N+](=O)[O-])c2)cc1. The summed E-state index contributed by atoms with van der Waals surface area (Å²) in [6.07, 6.45) is 0. The lowest BCUT2D eigenvalue weighted by Crippen LogP contribution is -2.35. The number of hydrogen-bond donors (Lipinski definition) is 1. The highest BCUT2D eigenvalue weighted by Gasteiger charge is 2.46. The fourth-order valence-corrected chi connectivity index (χ4v) is 3.70. The second-order valence-corrected chi connectivity index (χ2v) is 8.88. The van der Waals surface area contributed by atoms with E-state index in [0.717, 1.165) is 0 Å². The van der Waals surface area contributed by atoms with Gasteiger partial charge in [0.25, 0.3) is 17.4 Å². The zero-order valence-electron chi connectivity index (χ0n) is 19.7. The second-order valence-electron chi connectivity index (χ2n) is 8.88. The number of likely N-dealkylation sites (N-methyl/N-ethyl adjacent to an activating group) is 1. The Morgan fingerprint density at radius 3 is 2.44 bits per heavy atom. The number of hydrogen-bond acceptors (Lipinski definition) is 7. The number of carbonyl (C=O) groups is 2. The second kappa shape index (κ2) is 10.5. The average Bonchev–Trinajstić information content (AvgIpc) is 3.06. The minimum Gasteiger partial charge on any atom is -0.507 e. The smallest absolute Gasteiger partial charge is 0.295 e. The quantitative estimate of drug-likeness (QED) is 0.197. The third-order valence-electron chi connectivity index (χ3n) is 5.44. The maximum atomic E-state index is 13.0. The van der Waals surface area contributed by atoms with Crippen LogP contribution in [0.25, 0.3) is 5.76 Å². The van der Waals surface area contributed by atoms with Crippen LogP contribution in [0.4, 0.5) is 5.69 Å². The van der Waals surface area contributed by atoms with E-state index >= 15 is 0 Å². The molecule has 1 amide bonds. The Morgan fingerprint density at radius 1 is 1.18 bits per heavy atom. The Morgan fingerprint density at radius 2 is 1.85 bits per heavy atom. The predicted molar refractivity (Wildman–Crippen MR) is 127 cm³/mol. The van der Waals surface area contributed by atoms with Crippen LogP contribution in [0.1, 0.15) is 31.0 Å². The fraction of sp³-hybridized carbons (Fsp3) is 0.360. The van der Waals surface area contributed by atoms with Crippen molar-refractivity contribution in [1.29, 1.82) is 0 Å². The first-order valence-corrected chi connectivity index (χ1v) is 11.0. The van der Waals surface area contributed by atoms with Crippen LogP contribution < -0.4 is 4.74 Å². The number of nitro benzene ring substituents is 1. The number of amides is 1. The summed E-state index contributed by atoms with van der Waals surface area (Å²) in [7, 11) is 3.67. The molecule has 1 aliphatic rings. The van der Waals surface area contributed by atoms with Gasteiger partial charge in [-0.1, -0.05) is 26.0 Å². The molecular formula is C25H29N3O6. The van der Waals surface area contributed by atoms with E-state index < -0.39 is 22.7 Å². The van der Waals surface area contributed by atoms with E-state index in [4.69, 9.17) is 4.74 Å². The van der Waals surface area contributed by atoms with Gasteiger partial charge in [-0.15, -0.1) is 0 Å². The molecule has 1 aliphatic heterocycles. The molecule has 1 fully saturated rings. The van der Waals surface area contributed by atoms with E-state index in [1.54, 1.807) is 30.3 Å². The number of aliphatic hydroxyl groups excluding tert-OH is 1. The molecule has 2 aromatic carbocycles. The Hall–Kier alpha value is -3.72. The molecular weight excluding hydrogens is 438 g/mol. The first-order chi connectivity index (χ1) is 16.1. The van der Waals surface area contributed by atoms with E-state index in [1.807, 2.05) is 32.8 Å². The van der Waals surface area contributed by atoms with Gasteiger partial charge in [0.15, 0.2) is 0 Å². The highest BCUT2D eigenvalue weighted by atomic mass is 16.6. The molecule has 0 radical (unpaired) electrons. The lowest BCUT2D eigenvalue weighted by atomic mass is 9.95. The first-order valence-electron chi connectivity index (χ1n) is 11.0. The summed E-state index contributed by atoms with van der Waals surface area (Å²) in [4.78, 5) is 40.0. The van der Waals surface area contributed by atoms with E-state index in [2.05, 4.69) is 0 Å². The van der Waals surface area contributed by atoms with Crippen molar-refractivity contribution >= 4 is 23.1 Å². The molecule has 2 aromatic rings. The molecule has 0 aromatic heterocycles. The predicted octanol–water partition coefficient (Wildman–Crippen LogP) is 3.61. The zero-order valence-corrected chi connectivity index (χ0v) is 19.7. The van der Waals surface area contributed by atoms with Crippen LogP contribution >= 0.6 is 0 Å². The monoisotopic (exact) mass is 467 g/mol. The Balaban J connectivity index is 2.07. The number of rotatable bonds is 9. The first kappa shape index (κ1) is 24.9. The standard InChI is InChI=1S/C25H29N3O6/c1-16(2)15-34-20-10-8-17(9-11-20)23(29)21-22(18-6-5-7-19(14-18)28(32)33)27(13-12-26(3)4)25(31)24(21)30/h5-11,14,16,22,29H,12-13,15H2,1-4H3/b23-21-. The molecule has 1 unspecified atom stereocenters. The molecule has 1 heterocycles. The van der Waals surface area contributed by atoms with Crippen LogP contribution in [0, 0.1) is 16.0 Å². The van der Waals surface area contributed by atoms with Crippen molar-refractivity contribution in [1.82, 2.24) is 9.80 Å². The number of likely N-dealkylation sites (tertiary alicyclic amines) is 1. The number of ketones is 1. The van der Waals surface area contributed by atoms with Crippen molar-refractivity contribution in [3.8, 4) is 5.75 Å². The minimum atomic E-state index is -0.947. The van der Waals surface area contributed by atoms with Gasteiger partial charge in [0.2, 0.25) is 0 Å². The number of nitro groups is 1. The molecule has 1 atom stereocenters. The van der Waals surface area contributed by atoms with Crippen molar-refractivity contribution in [2.75, 3.05) is 33.8 Å². The number of non-ortho nitro benzene ring substituents is 1. The van der Waals surface area contributed by atoms with Crippen LogP contribution in [-0.4, -0.2) is 65.3 Å². The van der Waals surface area contributed by atoms with Gasteiger partial charge in [0.1, 0.15) is 11.5 Å². The van der Waals surface area contributed by atoms with Crippen LogP contribution in [-0.2, 0) is 9.59 Å². The molecule has 0 saturated carbocycles. The topological polar surface area (TPSA) is 113 Å². The minimum absolute atomic E-state index is 0.0971. The molecule has 0 spiro atoms. The highest BCUT2D eigenvalue weighted by Crippen LogP contribution is 2.40. The normalized spacial score (nSPS) is 17.6. The number of aliphatic hydroxyl groups is 1. The van der Waals surface area contributed by atoms with Crippen molar-refractivity contribution in [3.63, 3.8) is 0 Å². The maximum absolute atomic E-state index is 13.0. The van der Waals surface area contributed by atoms with E-state index in [-0.39, 0.29) is 23.6 Å². The molecule has 180 valence electrons. The molecule has 1 N–H and O–H groups in total. The van der Waals surface area contributed by atoms with Gasteiger partial charge in [-0.2, -0.15) is 0 Å². The van der Waals surface area contributed by atoms with Crippen molar-refractivity contribution in [2.45, 2.75) is 19.9 Å². The molecule has 1 saturated heterocycles. The van der Waals surface area contributed by atoms with Gasteiger partial charge >= 0.3 is 0 Å². The Bertz CT molecular complexity index is 1110. The largest absolute Gasteiger partial charge is 0.507 e. The van der Waals surface area contributed by atoms with E-state index in [1.165, 1.54) is 23.1 Å². The molecule has 0 aliphatic carbocycles. The summed E-state index contributed by atoms with van der Waals surface area (Å²) in [5.74, 6) is -0.949. The van der Waals surface area contributed by atoms with Gasteiger partial charge in [-0.3, -0.25) is 19.7 Å². The highest BCUT2D eigenvalue weighted by molar-refractivity contribution is 6.46. The van der Waals surface area contributed by atoms with Gasteiger partial charge < -0.3 is 19.6 Å².